The molecule has 1 aromatic carbocycles. The molecule has 0 bridgehead atoms. The largest absolute Gasteiger partial charge is 0.462 e. The lowest BCUT2D eigenvalue weighted by Crippen LogP contribution is -2.55. The van der Waals surface area contributed by atoms with Crippen LogP contribution in [0.25, 0.3) is 0 Å². The van der Waals surface area contributed by atoms with Gasteiger partial charge >= 0.3 is 6.01 Å². The van der Waals surface area contributed by atoms with Crippen molar-refractivity contribution < 1.29 is 9.53 Å². The fourth-order valence-corrected chi connectivity index (χ4v) is 6.17. The number of benzene rings is 1. The number of carbonyl (C=O) groups is 1. The van der Waals surface area contributed by atoms with Crippen molar-refractivity contribution in [1.29, 1.82) is 5.26 Å². The van der Waals surface area contributed by atoms with Crippen molar-refractivity contribution in [3.05, 3.63) is 52.2 Å². The number of ether oxygens (including phenoxy) is 1. The van der Waals surface area contributed by atoms with Crippen molar-refractivity contribution >= 4 is 40.6 Å². The highest BCUT2D eigenvalue weighted by molar-refractivity contribution is 6.43. The van der Waals surface area contributed by atoms with Gasteiger partial charge in [-0.05, 0) is 51.1 Å². The maximum Gasteiger partial charge on any atom is 0.318 e. The molecule has 9 nitrogen and oxygen atoms in total. The SMILES string of the molecule is C=CC(=O)N1CCN(c2nc(OC[C@@H]3CCCN3C)nc3c2CCN(c2cccc(Cl)c2Cl)C3)C[C@@H]1CC#N. The minimum atomic E-state index is -0.248. The number of nitriles is 1. The van der Waals surface area contributed by atoms with Crippen LogP contribution in [0.1, 0.15) is 30.5 Å². The third-order valence-electron chi connectivity index (χ3n) is 7.94. The summed E-state index contributed by atoms with van der Waals surface area (Å²) < 4.78 is 6.21. The molecule has 1 amide bonds. The summed E-state index contributed by atoms with van der Waals surface area (Å²) in [6.45, 7) is 8.08. The number of piperazine rings is 1. The molecule has 0 N–H and O–H groups in total. The van der Waals surface area contributed by atoms with Gasteiger partial charge in [0, 0.05) is 37.8 Å². The topological polar surface area (TPSA) is 88.8 Å². The molecule has 3 aliphatic heterocycles. The molecule has 2 saturated heterocycles. The average Bonchev–Trinajstić information content (AvgIpc) is 3.36. The normalized spacial score (nSPS) is 21.4. The van der Waals surface area contributed by atoms with Crippen molar-refractivity contribution in [2.24, 2.45) is 0 Å². The Morgan fingerprint density at radius 3 is 2.79 bits per heavy atom. The highest BCUT2D eigenvalue weighted by Crippen LogP contribution is 2.37. The predicted octanol–water partition coefficient (Wildman–Crippen LogP) is 3.94. The molecule has 3 aliphatic rings. The molecule has 11 heteroatoms. The van der Waals surface area contributed by atoms with E-state index < -0.39 is 0 Å². The number of likely N-dealkylation sites (N-methyl/N-ethyl adjacent to an activating group) is 1. The quantitative estimate of drug-likeness (QED) is 0.463. The highest BCUT2D eigenvalue weighted by Gasteiger charge is 2.33. The molecule has 0 unspecified atom stereocenters. The van der Waals surface area contributed by atoms with Crippen molar-refractivity contribution in [2.45, 2.75) is 44.3 Å². The second-order valence-corrected chi connectivity index (χ2v) is 11.1. The van der Waals surface area contributed by atoms with E-state index in [9.17, 15) is 10.1 Å². The van der Waals surface area contributed by atoms with Crippen LogP contribution in [0.2, 0.25) is 10.0 Å². The van der Waals surface area contributed by atoms with Gasteiger partial charge in [0.05, 0.1) is 46.5 Å². The van der Waals surface area contributed by atoms with E-state index in [0.717, 1.165) is 48.7 Å². The number of fused-ring (bicyclic) bond motifs is 1. The van der Waals surface area contributed by atoms with Gasteiger partial charge in [-0.15, -0.1) is 0 Å². The molecule has 0 spiro atoms. The molecule has 1 aromatic heterocycles. The van der Waals surface area contributed by atoms with Crippen molar-refractivity contribution in [3.63, 3.8) is 0 Å². The van der Waals surface area contributed by atoms with E-state index in [0.29, 0.717) is 61.3 Å². The van der Waals surface area contributed by atoms with Gasteiger partial charge in [0.2, 0.25) is 5.91 Å². The second-order valence-electron chi connectivity index (χ2n) is 10.3. The Bertz CT molecular complexity index is 1280. The molecule has 2 aromatic rings. The number of nitrogens with zero attached hydrogens (tertiary/aromatic N) is 7. The van der Waals surface area contributed by atoms with Gasteiger partial charge in [0.1, 0.15) is 12.4 Å². The van der Waals surface area contributed by atoms with Crippen molar-refractivity contribution in [2.75, 3.05) is 56.2 Å². The fourth-order valence-electron chi connectivity index (χ4n) is 5.75. The number of amides is 1. The lowest BCUT2D eigenvalue weighted by molar-refractivity contribution is -0.128. The predicted molar refractivity (Wildman–Crippen MR) is 153 cm³/mol. The Hall–Kier alpha value is -3.06. The van der Waals surface area contributed by atoms with Crippen LogP contribution in [-0.4, -0.2) is 84.1 Å². The van der Waals surface area contributed by atoms with Crippen LogP contribution in [0.3, 0.4) is 0 Å². The van der Waals surface area contributed by atoms with Gasteiger partial charge in [0.15, 0.2) is 0 Å². The number of anilines is 2. The van der Waals surface area contributed by atoms with Gasteiger partial charge < -0.3 is 24.3 Å². The van der Waals surface area contributed by atoms with Gasteiger partial charge in [-0.1, -0.05) is 35.8 Å². The van der Waals surface area contributed by atoms with Crippen LogP contribution in [-0.2, 0) is 17.8 Å². The molecule has 2 fully saturated rings. The zero-order valence-electron chi connectivity index (χ0n) is 22.2. The summed E-state index contributed by atoms with van der Waals surface area (Å²) in [5.41, 5.74) is 2.82. The Balaban J connectivity index is 1.46. The summed E-state index contributed by atoms with van der Waals surface area (Å²) in [6, 6.07) is 8.33. The third-order valence-corrected chi connectivity index (χ3v) is 8.75. The summed E-state index contributed by atoms with van der Waals surface area (Å²) >= 11 is 12.9. The molecule has 0 saturated carbocycles. The minimum Gasteiger partial charge on any atom is -0.462 e. The summed E-state index contributed by atoms with van der Waals surface area (Å²) in [4.78, 5) is 30.6. The first kappa shape index (κ1) is 27.5. The van der Waals surface area contributed by atoms with E-state index >= 15 is 0 Å². The first-order valence-electron chi connectivity index (χ1n) is 13.4. The Morgan fingerprint density at radius 2 is 2.05 bits per heavy atom. The van der Waals surface area contributed by atoms with E-state index in [4.69, 9.17) is 37.9 Å². The lowest BCUT2D eigenvalue weighted by atomic mass is 10.0. The minimum absolute atomic E-state index is 0.154. The van der Waals surface area contributed by atoms with E-state index in [1.807, 2.05) is 12.1 Å². The Kier molecular flexibility index (Phi) is 8.46. The molecule has 5 rings (SSSR count). The maximum atomic E-state index is 12.4. The summed E-state index contributed by atoms with van der Waals surface area (Å²) in [6.07, 6.45) is 4.51. The number of rotatable bonds is 7. The van der Waals surface area contributed by atoms with Crippen LogP contribution >= 0.6 is 23.2 Å². The van der Waals surface area contributed by atoms with Crippen LogP contribution < -0.4 is 14.5 Å². The maximum absolute atomic E-state index is 12.4. The molecular weight excluding hydrogens is 537 g/mol. The first-order valence-corrected chi connectivity index (χ1v) is 14.1. The van der Waals surface area contributed by atoms with Gasteiger partial charge in [-0.2, -0.15) is 15.2 Å². The smallest absolute Gasteiger partial charge is 0.318 e. The van der Waals surface area contributed by atoms with E-state index in [1.54, 1.807) is 11.0 Å². The number of carbonyl (C=O) groups excluding carboxylic acids is 1. The molecule has 39 heavy (non-hydrogen) atoms. The third kappa shape index (κ3) is 5.79. The molecule has 2 atom stereocenters. The van der Waals surface area contributed by atoms with Gasteiger partial charge in [-0.3, -0.25) is 4.79 Å². The summed E-state index contributed by atoms with van der Waals surface area (Å²) in [5, 5.41) is 10.5. The Labute approximate surface area is 239 Å². The monoisotopic (exact) mass is 569 g/mol. The number of halogens is 2. The van der Waals surface area contributed by atoms with Gasteiger partial charge in [-0.25, -0.2) is 0 Å². The Morgan fingerprint density at radius 1 is 1.21 bits per heavy atom. The number of aromatic nitrogens is 2. The average molecular weight is 571 g/mol. The van der Waals surface area contributed by atoms with Crippen molar-refractivity contribution in [3.8, 4) is 12.1 Å². The van der Waals surface area contributed by atoms with E-state index in [1.165, 1.54) is 6.08 Å². The first-order chi connectivity index (χ1) is 18.9. The van der Waals surface area contributed by atoms with Crippen LogP contribution in [0, 0.1) is 11.3 Å². The number of hydrogen-bond acceptors (Lipinski definition) is 8. The number of likely N-dealkylation sites (tertiary alicyclic amines) is 1. The molecule has 0 radical (unpaired) electrons. The lowest BCUT2D eigenvalue weighted by Gasteiger charge is -2.42. The van der Waals surface area contributed by atoms with Crippen LogP contribution in [0.5, 0.6) is 6.01 Å². The van der Waals surface area contributed by atoms with E-state index in [2.05, 4.69) is 34.4 Å². The van der Waals surface area contributed by atoms with E-state index in [-0.39, 0.29) is 18.4 Å². The highest BCUT2D eigenvalue weighted by atomic mass is 35.5. The standard InChI is InChI=1S/C28H33Cl2N7O2/c1-3-25(38)37-15-14-36(16-19(37)9-11-31)27-21-10-13-35(24-8-4-7-22(29)26(24)30)17-23(21)32-28(33-27)39-18-20-6-5-12-34(20)2/h3-4,7-8,19-20H,1,5-6,9-10,12-18H2,2H3/t19-,20-/m0/s1. The molecule has 206 valence electrons. The van der Waals surface area contributed by atoms with Gasteiger partial charge in [0.25, 0.3) is 0 Å². The van der Waals surface area contributed by atoms with Crippen LogP contribution in [0.4, 0.5) is 11.5 Å². The zero-order chi connectivity index (χ0) is 27.5. The molecule has 0 aliphatic carbocycles. The number of hydrogen-bond donors (Lipinski definition) is 0. The molecule has 4 heterocycles. The fraction of sp³-hybridized carbons (Fsp3) is 0.500. The van der Waals surface area contributed by atoms with Crippen LogP contribution in [0.15, 0.2) is 30.9 Å². The second kappa shape index (κ2) is 12.0. The zero-order valence-corrected chi connectivity index (χ0v) is 23.7. The summed E-state index contributed by atoms with van der Waals surface area (Å²) in [7, 11) is 2.12. The molecular formula is C28H33Cl2N7O2. The van der Waals surface area contributed by atoms with Crippen molar-refractivity contribution in [1.82, 2.24) is 19.8 Å². The summed E-state index contributed by atoms with van der Waals surface area (Å²) in [5.74, 6) is 0.665.